The highest BCUT2D eigenvalue weighted by molar-refractivity contribution is 7.73. The molecule has 0 heterocycles. The molecule has 4 aromatic carbocycles. The minimum absolute atomic E-state index is 0.0369. The first-order valence-corrected chi connectivity index (χ1v) is 13.2. The second kappa shape index (κ2) is 10.9. The molecule has 0 saturated heterocycles. The van der Waals surface area contributed by atoms with Crippen LogP contribution in [-0.4, -0.2) is 6.16 Å². The van der Waals surface area contributed by atoms with E-state index in [0.29, 0.717) is 0 Å². The van der Waals surface area contributed by atoms with Crippen LogP contribution in [-0.2, 0) is 5.16 Å². The van der Waals surface area contributed by atoms with Gasteiger partial charge in [-0.2, -0.15) is 0 Å². The van der Waals surface area contributed by atoms with Gasteiger partial charge in [0.1, 0.15) is 0 Å². The minimum Gasteiger partial charge on any atom is -0.122 e. The van der Waals surface area contributed by atoms with Crippen LogP contribution in [0.2, 0.25) is 0 Å². The molecular formula is C29H30P2. The van der Waals surface area contributed by atoms with Crippen molar-refractivity contribution < 1.29 is 0 Å². The third kappa shape index (κ3) is 5.51. The zero-order chi connectivity index (χ0) is 21.4. The Labute approximate surface area is 190 Å². The molecule has 0 aliphatic heterocycles. The van der Waals surface area contributed by atoms with E-state index in [4.69, 9.17) is 0 Å². The highest BCUT2D eigenvalue weighted by Gasteiger charge is 2.28. The molecule has 2 heteroatoms. The lowest BCUT2D eigenvalue weighted by Gasteiger charge is -2.31. The molecule has 1 unspecified atom stereocenters. The Hall–Kier alpha value is -2.26. The highest BCUT2D eigenvalue weighted by atomic mass is 31.1. The predicted octanol–water partition coefficient (Wildman–Crippen LogP) is 7.11. The fraction of sp³-hybridized carbons (Fsp3) is 0.172. The van der Waals surface area contributed by atoms with Crippen LogP contribution in [0.15, 0.2) is 121 Å². The molecule has 4 aromatic rings. The zero-order valence-electron chi connectivity index (χ0n) is 17.9. The van der Waals surface area contributed by atoms with Gasteiger partial charge in [-0.1, -0.05) is 128 Å². The number of benzene rings is 4. The number of hydrogen-bond acceptors (Lipinski definition) is 0. The maximum Gasteiger partial charge on any atom is 0.0344 e. The average molecular weight is 441 g/mol. The molecule has 0 N–H and O–H groups in total. The summed E-state index contributed by atoms with van der Waals surface area (Å²) in [6.45, 7) is 0. The van der Waals surface area contributed by atoms with E-state index in [1.165, 1.54) is 40.7 Å². The van der Waals surface area contributed by atoms with Gasteiger partial charge in [0.05, 0.1) is 0 Å². The van der Waals surface area contributed by atoms with Crippen LogP contribution in [0.3, 0.4) is 0 Å². The van der Waals surface area contributed by atoms with E-state index in [0.717, 1.165) is 6.42 Å². The van der Waals surface area contributed by atoms with Crippen LogP contribution in [0.5, 0.6) is 0 Å². The van der Waals surface area contributed by atoms with Gasteiger partial charge in [0, 0.05) is 5.16 Å². The lowest BCUT2D eigenvalue weighted by Crippen LogP contribution is -2.20. The van der Waals surface area contributed by atoms with Crippen LogP contribution >= 0.6 is 17.2 Å². The topological polar surface area (TPSA) is 0 Å². The Morgan fingerprint density at radius 2 is 0.903 bits per heavy atom. The number of unbranched alkanes of at least 4 members (excludes halogenated alkanes) is 1. The largest absolute Gasteiger partial charge is 0.122 e. The third-order valence-electron chi connectivity index (χ3n) is 5.92. The molecule has 0 aliphatic carbocycles. The summed E-state index contributed by atoms with van der Waals surface area (Å²) >= 11 is 0. The van der Waals surface area contributed by atoms with Gasteiger partial charge in [0.25, 0.3) is 0 Å². The SMILES string of the molecule is PC(CCCCP(c1ccccc1)c1ccccc1)(c1ccccc1)c1ccccc1. The summed E-state index contributed by atoms with van der Waals surface area (Å²) in [4.78, 5) is 0. The fourth-order valence-electron chi connectivity index (χ4n) is 4.22. The maximum absolute atomic E-state index is 3.19. The molecule has 0 bridgehead atoms. The Morgan fingerprint density at radius 3 is 1.32 bits per heavy atom. The molecule has 1 atom stereocenters. The van der Waals surface area contributed by atoms with Crippen molar-refractivity contribution in [2.24, 2.45) is 0 Å². The summed E-state index contributed by atoms with van der Waals surface area (Å²) in [5, 5.41) is 2.92. The van der Waals surface area contributed by atoms with Crippen molar-refractivity contribution in [2.75, 3.05) is 6.16 Å². The molecule has 156 valence electrons. The molecule has 4 rings (SSSR count). The van der Waals surface area contributed by atoms with E-state index < -0.39 is 0 Å². The van der Waals surface area contributed by atoms with Gasteiger partial charge in [-0.15, -0.1) is 9.24 Å². The summed E-state index contributed by atoms with van der Waals surface area (Å²) in [6, 6.07) is 44.0. The lowest BCUT2D eigenvalue weighted by atomic mass is 9.86. The number of hydrogen-bond donors (Lipinski definition) is 0. The molecule has 0 spiro atoms. The van der Waals surface area contributed by atoms with Crippen molar-refractivity contribution in [2.45, 2.75) is 24.4 Å². The summed E-state index contributed by atoms with van der Waals surface area (Å²) in [5.74, 6) is 0. The molecule has 0 saturated carbocycles. The standard InChI is InChI=1S/C29H30P2/c30-29(25-15-5-1-6-16-25,26-17-7-2-8-18-26)23-13-14-24-31(27-19-9-3-10-20-27)28-21-11-4-12-22-28/h1-12,15-22H,13-14,23-24,30H2. The van der Waals surface area contributed by atoms with Gasteiger partial charge in [0.2, 0.25) is 0 Å². The Kier molecular flexibility index (Phi) is 7.69. The molecule has 0 aromatic heterocycles. The van der Waals surface area contributed by atoms with E-state index in [1.54, 1.807) is 0 Å². The van der Waals surface area contributed by atoms with Gasteiger partial charge in [-0.05, 0) is 48.7 Å². The van der Waals surface area contributed by atoms with Crippen molar-refractivity contribution >= 4 is 27.8 Å². The van der Waals surface area contributed by atoms with Gasteiger partial charge in [-0.3, -0.25) is 0 Å². The lowest BCUT2D eigenvalue weighted by molar-refractivity contribution is 0.610. The van der Waals surface area contributed by atoms with Gasteiger partial charge < -0.3 is 0 Å². The summed E-state index contributed by atoms with van der Waals surface area (Å²) in [6.07, 6.45) is 4.78. The smallest absolute Gasteiger partial charge is 0.0344 e. The van der Waals surface area contributed by atoms with E-state index >= 15 is 0 Å². The second-order valence-corrected chi connectivity index (χ2v) is 11.3. The van der Waals surface area contributed by atoms with E-state index in [-0.39, 0.29) is 13.1 Å². The van der Waals surface area contributed by atoms with Crippen LogP contribution < -0.4 is 10.6 Å². The quantitative estimate of drug-likeness (QED) is 0.192. The van der Waals surface area contributed by atoms with Crippen LogP contribution in [0.4, 0.5) is 0 Å². The third-order valence-corrected chi connectivity index (χ3v) is 9.48. The monoisotopic (exact) mass is 440 g/mol. The highest BCUT2D eigenvalue weighted by Crippen LogP contribution is 2.44. The first kappa shape index (κ1) is 22.0. The first-order chi connectivity index (χ1) is 15.3. The van der Waals surface area contributed by atoms with Gasteiger partial charge in [-0.25, -0.2) is 0 Å². The van der Waals surface area contributed by atoms with E-state index in [2.05, 4.69) is 131 Å². The average Bonchev–Trinajstić information content (AvgIpc) is 2.86. The molecule has 31 heavy (non-hydrogen) atoms. The Bertz CT molecular complexity index is 952. The summed E-state index contributed by atoms with van der Waals surface area (Å²) in [5.41, 5.74) is 2.75. The summed E-state index contributed by atoms with van der Waals surface area (Å²) < 4.78 is 0. The van der Waals surface area contributed by atoms with Crippen molar-refractivity contribution in [3.8, 4) is 0 Å². The van der Waals surface area contributed by atoms with Crippen molar-refractivity contribution in [1.82, 2.24) is 0 Å². The molecular weight excluding hydrogens is 410 g/mol. The Morgan fingerprint density at radius 1 is 0.516 bits per heavy atom. The van der Waals surface area contributed by atoms with Crippen LogP contribution in [0.25, 0.3) is 0 Å². The molecule has 0 amide bonds. The normalized spacial score (nSPS) is 11.5. The second-order valence-electron chi connectivity index (χ2n) is 7.98. The van der Waals surface area contributed by atoms with E-state index in [9.17, 15) is 0 Å². The van der Waals surface area contributed by atoms with E-state index in [1.807, 2.05) is 0 Å². The van der Waals surface area contributed by atoms with Gasteiger partial charge >= 0.3 is 0 Å². The maximum atomic E-state index is 3.19. The summed E-state index contributed by atoms with van der Waals surface area (Å²) in [7, 11) is 2.88. The minimum atomic E-state index is -0.314. The van der Waals surface area contributed by atoms with Crippen molar-refractivity contribution in [3.05, 3.63) is 132 Å². The molecule has 0 aliphatic rings. The van der Waals surface area contributed by atoms with Gasteiger partial charge in [0.15, 0.2) is 0 Å². The molecule has 0 radical (unpaired) electrons. The predicted molar refractivity (Wildman–Crippen MR) is 141 cm³/mol. The van der Waals surface area contributed by atoms with Crippen molar-refractivity contribution in [3.63, 3.8) is 0 Å². The molecule has 0 nitrogen and oxygen atoms in total. The van der Waals surface area contributed by atoms with Crippen molar-refractivity contribution in [1.29, 1.82) is 0 Å². The zero-order valence-corrected chi connectivity index (χ0v) is 19.9. The fourth-order valence-corrected chi connectivity index (χ4v) is 7.23. The number of rotatable bonds is 9. The molecule has 0 fully saturated rings. The first-order valence-electron chi connectivity index (χ1n) is 11.0. The van der Waals surface area contributed by atoms with Crippen LogP contribution in [0, 0.1) is 0 Å². The van der Waals surface area contributed by atoms with Crippen LogP contribution in [0.1, 0.15) is 30.4 Å². The Balaban J connectivity index is 1.49.